The molecule has 3 rings (SSSR count). The zero-order chi connectivity index (χ0) is 15.1. The number of aromatic amines is 1. The van der Waals surface area contributed by atoms with Gasteiger partial charge in [-0.15, -0.1) is 5.10 Å². The highest BCUT2D eigenvalue weighted by atomic mass is 15.4. The van der Waals surface area contributed by atoms with Gasteiger partial charge in [0.05, 0.1) is 0 Å². The molecule has 0 aromatic carbocycles. The van der Waals surface area contributed by atoms with Crippen molar-refractivity contribution in [1.82, 2.24) is 15.2 Å². The Hall–Kier alpha value is -1.10. The Morgan fingerprint density at radius 2 is 2.10 bits per heavy atom. The van der Waals surface area contributed by atoms with Gasteiger partial charge < -0.3 is 10.6 Å². The molecule has 5 nitrogen and oxygen atoms in total. The Morgan fingerprint density at radius 3 is 2.76 bits per heavy atom. The zero-order valence-electron chi connectivity index (χ0n) is 13.7. The molecule has 5 heteroatoms. The highest BCUT2D eigenvalue weighted by molar-refractivity contribution is 5.31. The van der Waals surface area contributed by atoms with Gasteiger partial charge in [0.1, 0.15) is 5.82 Å². The second kappa shape index (κ2) is 5.27. The minimum absolute atomic E-state index is 0.200. The summed E-state index contributed by atoms with van der Waals surface area (Å²) in [7, 11) is 0. The van der Waals surface area contributed by atoms with Crippen molar-refractivity contribution >= 4 is 5.95 Å². The first-order valence-electron chi connectivity index (χ1n) is 8.31. The number of nitrogens with zero attached hydrogens (tertiary/aromatic N) is 3. The summed E-state index contributed by atoms with van der Waals surface area (Å²) in [6.45, 7) is 9.71. The van der Waals surface area contributed by atoms with Crippen LogP contribution in [0.3, 0.4) is 0 Å². The Balaban J connectivity index is 1.76. The lowest BCUT2D eigenvalue weighted by Gasteiger charge is -2.39. The highest BCUT2D eigenvalue weighted by Gasteiger charge is 2.38. The van der Waals surface area contributed by atoms with Crippen LogP contribution in [-0.4, -0.2) is 34.8 Å². The summed E-state index contributed by atoms with van der Waals surface area (Å²) >= 11 is 0. The number of nitrogens with one attached hydrogen (secondary N) is 1. The number of hydrogen-bond acceptors (Lipinski definition) is 4. The van der Waals surface area contributed by atoms with Gasteiger partial charge in [0.15, 0.2) is 0 Å². The van der Waals surface area contributed by atoms with Crippen molar-refractivity contribution < 1.29 is 0 Å². The highest BCUT2D eigenvalue weighted by Crippen LogP contribution is 2.47. The average Bonchev–Trinajstić information content (AvgIpc) is 3.04. The van der Waals surface area contributed by atoms with Crippen molar-refractivity contribution in [3.05, 3.63) is 5.82 Å². The summed E-state index contributed by atoms with van der Waals surface area (Å²) in [5.41, 5.74) is 6.48. The molecule has 2 aliphatic rings. The predicted molar refractivity (Wildman–Crippen MR) is 85.4 cm³/mol. The van der Waals surface area contributed by atoms with Crippen molar-refractivity contribution in [2.45, 2.75) is 58.8 Å². The molecule has 0 amide bonds. The van der Waals surface area contributed by atoms with Crippen molar-refractivity contribution in [1.29, 1.82) is 0 Å². The molecule has 2 heterocycles. The fourth-order valence-electron chi connectivity index (χ4n) is 4.05. The maximum atomic E-state index is 5.94. The summed E-state index contributed by atoms with van der Waals surface area (Å²) in [6.07, 6.45) is 6.17. The van der Waals surface area contributed by atoms with Gasteiger partial charge in [-0.05, 0) is 43.1 Å². The smallest absolute Gasteiger partial charge is 0.244 e. The van der Waals surface area contributed by atoms with E-state index in [0.29, 0.717) is 11.3 Å². The lowest BCUT2D eigenvalue weighted by Crippen LogP contribution is -2.46. The second-order valence-electron chi connectivity index (χ2n) is 7.99. The molecule has 2 unspecified atom stereocenters. The van der Waals surface area contributed by atoms with Gasteiger partial charge in [-0.1, -0.05) is 27.2 Å². The molecule has 0 spiro atoms. The second-order valence-corrected chi connectivity index (χ2v) is 7.99. The van der Waals surface area contributed by atoms with E-state index in [-0.39, 0.29) is 5.41 Å². The number of anilines is 1. The lowest BCUT2D eigenvalue weighted by molar-refractivity contribution is 0.270. The van der Waals surface area contributed by atoms with E-state index >= 15 is 0 Å². The molecule has 118 valence electrons. The standard InChI is InChI=1S/C16H29N5/c1-15(2)7-4-6-12(15)13-18-14(20-19-13)21-9-5-8-16(3,10-17)11-21/h12H,4-11,17H2,1-3H3,(H,18,19,20). The SMILES string of the molecule is CC1(CN)CCCN(c2n[nH]c(C3CCCC3(C)C)n2)C1. The Morgan fingerprint density at radius 1 is 1.29 bits per heavy atom. The van der Waals surface area contributed by atoms with Crippen molar-refractivity contribution in [2.24, 2.45) is 16.6 Å². The molecule has 2 atom stereocenters. The number of aromatic nitrogens is 3. The Labute approximate surface area is 127 Å². The van der Waals surface area contributed by atoms with Crippen LogP contribution in [0.4, 0.5) is 5.95 Å². The average molecular weight is 291 g/mol. The van der Waals surface area contributed by atoms with Gasteiger partial charge in [-0.2, -0.15) is 4.98 Å². The number of piperidine rings is 1. The van der Waals surface area contributed by atoms with Crippen LogP contribution in [0.2, 0.25) is 0 Å². The number of H-pyrrole nitrogens is 1. The van der Waals surface area contributed by atoms with Crippen LogP contribution in [0.1, 0.15) is 64.6 Å². The molecule has 1 aromatic heterocycles. The summed E-state index contributed by atoms with van der Waals surface area (Å²) in [6, 6.07) is 0. The molecule has 1 saturated heterocycles. The normalized spacial score (nSPS) is 32.6. The van der Waals surface area contributed by atoms with Gasteiger partial charge in [0.25, 0.3) is 0 Å². The van der Waals surface area contributed by atoms with Gasteiger partial charge >= 0.3 is 0 Å². The number of hydrogen-bond donors (Lipinski definition) is 2. The molecule has 1 saturated carbocycles. The van der Waals surface area contributed by atoms with Gasteiger partial charge in [-0.3, -0.25) is 5.10 Å². The summed E-state index contributed by atoms with van der Waals surface area (Å²) in [5, 5.41) is 7.71. The van der Waals surface area contributed by atoms with Crippen molar-refractivity contribution in [2.75, 3.05) is 24.5 Å². The first-order chi connectivity index (χ1) is 9.93. The molecular weight excluding hydrogens is 262 g/mol. The summed E-state index contributed by atoms with van der Waals surface area (Å²) in [4.78, 5) is 7.13. The first kappa shape index (κ1) is 14.8. The summed E-state index contributed by atoms with van der Waals surface area (Å²) < 4.78 is 0. The van der Waals surface area contributed by atoms with E-state index in [1.165, 1.54) is 32.1 Å². The molecule has 1 aromatic rings. The number of nitrogens with two attached hydrogens (primary N) is 1. The minimum atomic E-state index is 0.200. The maximum absolute atomic E-state index is 5.94. The van der Waals surface area contributed by atoms with E-state index in [1.54, 1.807) is 0 Å². The topological polar surface area (TPSA) is 70.8 Å². The van der Waals surface area contributed by atoms with E-state index in [1.807, 2.05) is 0 Å². The van der Waals surface area contributed by atoms with Crippen LogP contribution in [0, 0.1) is 10.8 Å². The third-order valence-corrected chi connectivity index (χ3v) is 5.63. The minimum Gasteiger partial charge on any atom is -0.339 e. The third-order valence-electron chi connectivity index (χ3n) is 5.63. The third kappa shape index (κ3) is 2.80. The quantitative estimate of drug-likeness (QED) is 0.898. The Bertz CT molecular complexity index is 495. The molecule has 1 aliphatic heterocycles. The molecule has 0 bridgehead atoms. The summed E-state index contributed by atoms with van der Waals surface area (Å²) in [5.74, 6) is 2.46. The van der Waals surface area contributed by atoms with Crippen LogP contribution in [0.15, 0.2) is 0 Å². The van der Waals surface area contributed by atoms with E-state index < -0.39 is 0 Å². The molecule has 21 heavy (non-hydrogen) atoms. The van der Waals surface area contributed by atoms with Gasteiger partial charge in [0.2, 0.25) is 5.95 Å². The molecule has 3 N–H and O–H groups in total. The maximum Gasteiger partial charge on any atom is 0.244 e. The zero-order valence-corrected chi connectivity index (χ0v) is 13.7. The van der Waals surface area contributed by atoms with Crippen LogP contribution in [0.25, 0.3) is 0 Å². The van der Waals surface area contributed by atoms with Gasteiger partial charge in [0, 0.05) is 19.0 Å². The fraction of sp³-hybridized carbons (Fsp3) is 0.875. The van der Waals surface area contributed by atoms with E-state index in [0.717, 1.165) is 31.4 Å². The van der Waals surface area contributed by atoms with E-state index in [2.05, 4.69) is 35.9 Å². The van der Waals surface area contributed by atoms with Crippen LogP contribution < -0.4 is 10.6 Å². The largest absolute Gasteiger partial charge is 0.339 e. The molecular formula is C16H29N5. The van der Waals surface area contributed by atoms with Crippen LogP contribution in [-0.2, 0) is 0 Å². The van der Waals surface area contributed by atoms with Crippen LogP contribution >= 0.6 is 0 Å². The van der Waals surface area contributed by atoms with Gasteiger partial charge in [-0.25, -0.2) is 0 Å². The van der Waals surface area contributed by atoms with Crippen molar-refractivity contribution in [3.8, 4) is 0 Å². The lowest BCUT2D eigenvalue weighted by atomic mass is 9.81. The van der Waals surface area contributed by atoms with Crippen molar-refractivity contribution in [3.63, 3.8) is 0 Å². The fourth-order valence-corrected chi connectivity index (χ4v) is 4.05. The van der Waals surface area contributed by atoms with E-state index in [4.69, 9.17) is 10.7 Å². The number of rotatable bonds is 3. The Kier molecular flexibility index (Phi) is 3.72. The molecule has 1 aliphatic carbocycles. The molecule has 2 fully saturated rings. The monoisotopic (exact) mass is 291 g/mol. The van der Waals surface area contributed by atoms with E-state index in [9.17, 15) is 0 Å². The van der Waals surface area contributed by atoms with Crippen LogP contribution in [0.5, 0.6) is 0 Å². The predicted octanol–water partition coefficient (Wildman–Crippen LogP) is 2.66. The molecule has 0 radical (unpaired) electrons. The first-order valence-corrected chi connectivity index (χ1v) is 8.31.